The second kappa shape index (κ2) is 51.0. The van der Waals surface area contributed by atoms with Crippen LogP contribution in [0.4, 0.5) is 0 Å². The van der Waals surface area contributed by atoms with Crippen LogP contribution >= 0.6 is 0 Å². The molecule has 0 aliphatic rings. The molecule has 6 heteroatoms. The van der Waals surface area contributed by atoms with Gasteiger partial charge in [0.05, 0.1) is 0 Å². The Hall–Kier alpha value is -3.67. The summed E-state index contributed by atoms with van der Waals surface area (Å²) in [5.41, 5.74) is 0. The van der Waals surface area contributed by atoms with E-state index in [0.717, 1.165) is 109 Å². The summed E-state index contributed by atoms with van der Waals surface area (Å²) in [5, 5.41) is 0. The highest BCUT2D eigenvalue weighted by atomic mass is 16.6. The van der Waals surface area contributed by atoms with Gasteiger partial charge in [0.15, 0.2) is 6.10 Å². The van der Waals surface area contributed by atoms with E-state index in [1.807, 2.05) is 0 Å². The van der Waals surface area contributed by atoms with Crippen molar-refractivity contribution in [3.05, 3.63) is 97.2 Å². The molecule has 0 aromatic rings. The monoisotopic (exact) mass is 875 g/mol. The predicted molar refractivity (Wildman–Crippen MR) is 270 cm³/mol. The molecule has 0 N–H and O–H groups in total. The second-order valence-electron chi connectivity index (χ2n) is 16.7. The van der Waals surface area contributed by atoms with Gasteiger partial charge in [0.25, 0.3) is 0 Å². The lowest BCUT2D eigenvalue weighted by atomic mass is 10.1. The van der Waals surface area contributed by atoms with Gasteiger partial charge in [0.2, 0.25) is 0 Å². The minimum Gasteiger partial charge on any atom is -0.462 e. The van der Waals surface area contributed by atoms with Crippen molar-refractivity contribution in [2.24, 2.45) is 0 Å². The molecule has 0 saturated carbocycles. The largest absolute Gasteiger partial charge is 0.462 e. The van der Waals surface area contributed by atoms with Crippen LogP contribution in [-0.4, -0.2) is 37.2 Å². The van der Waals surface area contributed by atoms with E-state index in [1.165, 1.54) is 77.0 Å². The normalized spacial score (nSPS) is 12.9. The van der Waals surface area contributed by atoms with Gasteiger partial charge in [0.1, 0.15) is 13.2 Å². The average molecular weight is 875 g/mol. The Morgan fingerprint density at radius 3 is 1.03 bits per heavy atom. The van der Waals surface area contributed by atoms with Crippen molar-refractivity contribution >= 4 is 17.9 Å². The first-order valence-corrected chi connectivity index (χ1v) is 25.7. The molecule has 0 aliphatic carbocycles. The SMILES string of the molecule is CC/C=C\C/C=C\C/C=C\C/C=C\C/C=C\CCCCCC(=O)OC[C@H](COC(=O)CCCC/C=C\C/C=C\C/C=C\CCCCC)OC(=O)CCCCCCCCCCCCC. The zero-order chi connectivity index (χ0) is 45.8. The van der Waals surface area contributed by atoms with Crippen LogP contribution in [0.25, 0.3) is 0 Å². The number of allylic oxidation sites excluding steroid dienone is 16. The fraction of sp³-hybridized carbons (Fsp3) is 0.667. The molecule has 0 bridgehead atoms. The fourth-order valence-corrected chi connectivity index (χ4v) is 6.71. The van der Waals surface area contributed by atoms with Crippen LogP contribution < -0.4 is 0 Å². The molecule has 0 aromatic heterocycles. The van der Waals surface area contributed by atoms with Crippen molar-refractivity contribution in [1.82, 2.24) is 0 Å². The van der Waals surface area contributed by atoms with E-state index in [2.05, 4.69) is 118 Å². The summed E-state index contributed by atoms with van der Waals surface area (Å²) in [6.45, 7) is 6.41. The summed E-state index contributed by atoms with van der Waals surface area (Å²) in [6.07, 6.45) is 66.8. The zero-order valence-electron chi connectivity index (χ0n) is 40.8. The molecule has 0 aliphatic heterocycles. The molecule has 63 heavy (non-hydrogen) atoms. The van der Waals surface area contributed by atoms with E-state index in [0.29, 0.717) is 19.3 Å². The van der Waals surface area contributed by atoms with Crippen molar-refractivity contribution in [3.8, 4) is 0 Å². The van der Waals surface area contributed by atoms with Gasteiger partial charge in [-0.15, -0.1) is 0 Å². The summed E-state index contributed by atoms with van der Waals surface area (Å²) in [4.78, 5) is 37.9. The maximum atomic E-state index is 12.8. The van der Waals surface area contributed by atoms with Crippen LogP contribution in [0.1, 0.15) is 226 Å². The van der Waals surface area contributed by atoms with E-state index in [-0.39, 0.29) is 31.1 Å². The molecule has 0 fully saturated rings. The summed E-state index contributed by atoms with van der Waals surface area (Å²) in [6, 6.07) is 0. The number of ether oxygens (including phenoxy) is 3. The van der Waals surface area contributed by atoms with Gasteiger partial charge in [-0.3, -0.25) is 14.4 Å². The predicted octanol–water partition coefficient (Wildman–Crippen LogP) is 17.0. The van der Waals surface area contributed by atoms with E-state index in [9.17, 15) is 14.4 Å². The van der Waals surface area contributed by atoms with Crippen molar-refractivity contribution in [2.75, 3.05) is 13.2 Å². The number of hydrogen-bond acceptors (Lipinski definition) is 6. The molecule has 358 valence electrons. The number of esters is 3. The molecule has 0 radical (unpaired) electrons. The van der Waals surface area contributed by atoms with Gasteiger partial charge in [-0.1, -0.05) is 201 Å². The first-order valence-electron chi connectivity index (χ1n) is 25.7. The summed E-state index contributed by atoms with van der Waals surface area (Å²) in [7, 11) is 0. The Morgan fingerprint density at radius 1 is 0.333 bits per heavy atom. The Labute approximate surface area is 387 Å². The van der Waals surface area contributed by atoms with Crippen molar-refractivity contribution in [3.63, 3.8) is 0 Å². The van der Waals surface area contributed by atoms with Crippen LogP contribution in [-0.2, 0) is 28.6 Å². The van der Waals surface area contributed by atoms with Crippen LogP contribution in [0.15, 0.2) is 97.2 Å². The highest BCUT2D eigenvalue weighted by Gasteiger charge is 2.19. The topological polar surface area (TPSA) is 78.9 Å². The molecule has 1 atom stereocenters. The summed E-state index contributed by atoms with van der Waals surface area (Å²) < 4.78 is 16.7. The number of hydrogen-bond donors (Lipinski definition) is 0. The van der Waals surface area contributed by atoms with Gasteiger partial charge in [-0.2, -0.15) is 0 Å². The standard InChI is InChI=1S/C57H94O6/c1-4-7-10-13-16-19-22-24-26-27-28-29-31-33-36-38-41-44-47-50-56(59)62-53-54(63-57(60)51-48-45-42-39-34-21-18-15-12-9-6-3)52-61-55(58)49-46-43-40-37-35-32-30-25-23-20-17-14-11-8-5-2/h7,10,16-17,19-20,24-26,28-30,33,35-37,54H,4-6,8-9,11-15,18,21-23,27,31-32,34,38-53H2,1-3H3/b10-7-,19-16-,20-17-,26-24-,29-28-,30-25-,36-33-,37-35-/t54-/m0/s1. The molecular formula is C57H94O6. The first-order chi connectivity index (χ1) is 31.0. The highest BCUT2D eigenvalue weighted by Crippen LogP contribution is 2.14. The summed E-state index contributed by atoms with van der Waals surface area (Å²) >= 11 is 0. The Morgan fingerprint density at radius 2 is 0.619 bits per heavy atom. The third-order valence-corrected chi connectivity index (χ3v) is 10.6. The van der Waals surface area contributed by atoms with Gasteiger partial charge < -0.3 is 14.2 Å². The third-order valence-electron chi connectivity index (χ3n) is 10.6. The van der Waals surface area contributed by atoms with E-state index < -0.39 is 6.10 Å². The smallest absolute Gasteiger partial charge is 0.306 e. The van der Waals surface area contributed by atoms with Crippen molar-refractivity contribution in [1.29, 1.82) is 0 Å². The average Bonchev–Trinajstić information content (AvgIpc) is 3.28. The Bertz CT molecular complexity index is 1280. The number of carbonyl (C=O) groups excluding carboxylic acids is 3. The first kappa shape index (κ1) is 59.3. The van der Waals surface area contributed by atoms with Crippen LogP contribution in [0.5, 0.6) is 0 Å². The van der Waals surface area contributed by atoms with Crippen LogP contribution in [0, 0.1) is 0 Å². The molecule has 6 nitrogen and oxygen atoms in total. The van der Waals surface area contributed by atoms with Gasteiger partial charge in [-0.25, -0.2) is 0 Å². The van der Waals surface area contributed by atoms with E-state index >= 15 is 0 Å². The highest BCUT2D eigenvalue weighted by molar-refractivity contribution is 5.71. The van der Waals surface area contributed by atoms with Gasteiger partial charge in [-0.05, 0) is 103 Å². The molecule has 0 saturated heterocycles. The van der Waals surface area contributed by atoms with Crippen LogP contribution in [0.2, 0.25) is 0 Å². The lowest BCUT2D eigenvalue weighted by molar-refractivity contribution is -0.167. The second-order valence-corrected chi connectivity index (χ2v) is 16.7. The Balaban J connectivity index is 4.48. The maximum absolute atomic E-state index is 12.8. The quantitative estimate of drug-likeness (QED) is 0.0262. The lowest BCUT2D eigenvalue weighted by Gasteiger charge is -2.18. The molecule has 0 aromatic carbocycles. The van der Waals surface area contributed by atoms with Crippen molar-refractivity contribution in [2.45, 2.75) is 232 Å². The number of rotatable bonds is 45. The minimum absolute atomic E-state index is 0.107. The summed E-state index contributed by atoms with van der Waals surface area (Å²) in [5.74, 6) is -0.978. The molecule has 0 amide bonds. The Kier molecular flexibility index (Phi) is 48.0. The third kappa shape index (κ3) is 49.2. The van der Waals surface area contributed by atoms with Gasteiger partial charge in [0, 0.05) is 19.3 Å². The van der Waals surface area contributed by atoms with Crippen molar-refractivity contribution < 1.29 is 28.6 Å². The molecule has 0 spiro atoms. The molecular weight excluding hydrogens is 781 g/mol. The number of unbranched alkanes of at least 4 members (excludes halogenated alkanes) is 18. The lowest BCUT2D eigenvalue weighted by Crippen LogP contribution is -2.30. The van der Waals surface area contributed by atoms with E-state index in [1.54, 1.807) is 0 Å². The number of carbonyl (C=O) groups is 3. The molecule has 0 unspecified atom stereocenters. The minimum atomic E-state index is -0.805. The zero-order valence-corrected chi connectivity index (χ0v) is 40.8. The maximum Gasteiger partial charge on any atom is 0.306 e. The fourth-order valence-electron chi connectivity index (χ4n) is 6.71. The molecule has 0 heterocycles. The van der Waals surface area contributed by atoms with Gasteiger partial charge >= 0.3 is 17.9 Å². The van der Waals surface area contributed by atoms with E-state index in [4.69, 9.17) is 14.2 Å². The molecule has 0 rings (SSSR count). The van der Waals surface area contributed by atoms with Crippen LogP contribution in [0.3, 0.4) is 0 Å².